The lowest BCUT2D eigenvalue weighted by molar-refractivity contribution is 0.0629. The van der Waals surface area contributed by atoms with E-state index in [9.17, 15) is 4.79 Å². The third kappa shape index (κ3) is 2.52. The van der Waals surface area contributed by atoms with Crippen LogP contribution in [0.5, 0.6) is 5.75 Å². The molecule has 1 aliphatic rings. The quantitative estimate of drug-likeness (QED) is 0.845. The molecule has 0 unspecified atom stereocenters. The normalized spacial score (nSPS) is 19.6. The summed E-state index contributed by atoms with van der Waals surface area (Å²) in [5, 5.41) is 8.95. The lowest BCUT2D eigenvalue weighted by Crippen LogP contribution is -2.17. The Morgan fingerprint density at radius 2 is 2.31 bits per heavy atom. The van der Waals surface area contributed by atoms with Crippen LogP contribution in [0.3, 0.4) is 0 Å². The van der Waals surface area contributed by atoms with Crippen molar-refractivity contribution >= 4 is 5.97 Å². The van der Waals surface area contributed by atoms with Gasteiger partial charge in [-0.25, -0.2) is 4.79 Å². The first-order valence-corrected chi connectivity index (χ1v) is 5.34. The Balaban J connectivity index is 2.00. The molecule has 16 heavy (non-hydrogen) atoms. The number of para-hydroxylation sites is 1. The van der Waals surface area contributed by atoms with E-state index >= 15 is 0 Å². The van der Waals surface area contributed by atoms with Crippen molar-refractivity contribution in [1.82, 2.24) is 0 Å². The topological polar surface area (TPSA) is 55.8 Å². The molecule has 2 rings (SSSR count). The zero-order chi connectivity index (χ0) is 11.4. The number of rotatable bonds is 4. The van der Waals surface area contributed by atoms with E-state index in [1.165, 1.54) is 6.07 Å². The molecule has 0 aromatic heterocycles. The van der Waals surface area contributed by atoms with Crippen molar-refractivity contribution in [2.24, 2.45) is 0 Å². The van der Waals surface area contributed by atoms with Gasteiger partial charge in [0.05, 0.1) is 6.10 Å². The summed E-state index contributed by atoms with van der Waals surface area (Å²) in [5.41, 5.74) is 0.195. The molecule has 1 atom stereocenters. The van der Waals surface area contributed by atoms with Gasteiger partial charge in [-0.05, 0) is 25.0 Å². The Morgan fingerprint density at radius 3 is 3.00 bits per heavy atom. The zero-order valence-electron chi connectivity index (χ0n) is 8.89. The Labute approximate surface area is 93.8 Å². The van der Waals surface area contributed by atoms with Crippen molar-refractivity contribution in [1.29, 1.82) is 0 Å². The molecule has 1 aliphatic heterocycles. The van der Waals surface area contributed by atoms with Crippen LogP contribution in [-0.2, 0) is 4.74 Å². The average molecular weight is 222 g/mol. The second-order valence-corrected chi connectivity index (χ2v) is 3.75. The van der Waals surface area contributed by atoms with Crippen molar-refractivity contribution in [2.45, 2.75) is 18.9 Å². The van der Waals surface area contributed by atoms with Crippen LogP contribution in [0.4, 0.5) is 0 Å². The van der Waals surface area contributed by atoms with Crippen LogP contribution in [0, 0.1) is 0 Å². The van der Waals surface area contributed by atoms with Crippen molar-refractivity contribution in [3.63, 3.8) is 0 Å². The van der Waals surface area contributed by atoms with Gasteiger partial charge in [-0.3, -0.25) is 0 Å². The summed E-state index contributed by atoms with van der Waals surface area (Å²) >= 11 is 0. The summed E-state index contributed by atoms with van der Waals surface area (Å²) in [6.07, 6.45) is 2.13. The number of carbonyl (C=O) groups is 1. The van der Waals surface area contributed by atoms with Crippen molar-refractivity contribution < 1.29 is 19.4 Å². The van der Waals surface area contributed by atoms with Crippen LogP contribution in [0.1, 0.15) is 23.2 Å². The van der Waals surface area contributed by atoms with E-state index in [0.29, 0.717) is 12.4 Å². The number of carboxylic acids is 1. The smallest absolute Gasteiger partial charge is 0.339 e. The maximum absolute atomic E-state index is 10.9. The predicted octanol–water partition coefficient (Wildman–Crippen LogP) is 1.94. The highest BCUT2D eigenvalue weighted by Gasteiger charge is 2.17. The molecule has 86 valence electrons. The van der Waals surface area contributed by atoms with Crippen LogP contribution < -0.4 is 4.74 Å². The monoisotopic (exact) mass is 222 g/mol. The van der Waals surface area contributed by atoms with Gasteiger partial charge in [-0.2, -0.15) is 0 Å². The fraction of sp³-hybridized carbons (Fsp3) is 0.417. The summed E-state index contributed by atoms with van der Waals surface area (Å²) < 4.78 is 10.9. The summed E-state index contributed by atoms with van der Waals surface area (Å²) in [5.74, 6) is -0.562. The molecule has 0 aliphatic carbocycles. The van der Waals surface area contributed by atoms with Gasteiger partial charge in [-0.1, -0.05) is 12.1 Å². The van der Waals surface area contributed by atoms with Gasteiger partial charge in [0.15, 0.2) is 0 Å². The highest BCUT2D eigenvalue weighted by molar-refractivity contribution is 5.90. The molecule has 0 saturated carbocycles. The fourth-order valence-electron chi connectivity index (χ4n) is 1.73. The number of carboxylic acid groups (broad SMARTS) is 1. The van der Waals surface area contributed by atoms with Crippen LogP contribution >= 0.6 is 0 Å². The second-order valence-electron chi connectivity index (χ2n) is 3.75. The Morgan fingerprint density at radius 1 is 1.50 bits per heavy atom. The molecule has 1 saturated heterocycles. The lowest BCUT2D eigenvalue weighted by atomic mass is 10.2. The average Bonchev–Trinajstić information content (AvgIpc) is 2.79. The van der Waals surface area contributed by atoms with E-state index < -0.39 is 5.97 Å². The van der Waals surface area contributed by atoms with Gasteiger partial charge in [0, 0.05) is 6.61 Å². The number of hydrogen-bond donors (Lipinski definition) is 1. The molecule has 4 heteroatoms. The first kappa shape index (κ1) is 11.0. The Kier molecular flexibility index (Phi) is 3.41. The van der Waals surface area contributed by atoms with Crippen molar-refractivity contribution in [2.75, 3.05) is 13.2 Å². The Hall–Kier alpha value is -1.55. The molecule has 0 radical (unpaired) electrons. The molecule has 1 aromatic rings. The lowest BCUT2D eigenvalue weighted by Gasteiger charge is -2.12. The van der Waals surface area contributed by atoms with Gasteiger partial charge in [0.2, 0.25) is 0 Å². The highest BCUT2D eigenvalue weighted by Crippen LogP contribution is 2.20. The number of benzene rings is 1. The van der Waals surface area contributed by atoms with Crippen LogP contribution in [-0.4, -0.2) is 30.4 Å². The van der Waals surface area contributed by atoms with Gasteiger partial charge in [0.25, 0.3) is 0 Å². The molecule has 0 spiro atoms. The molecule has 1 heterocycles. The van der Waals surface area contributed by atoms with E-state index in [4.69, 9.17) is 14.6 Å². The molecular weight excluding hydrogens is 208 g/mol. The van der Waals surface area contributed by atoms with Gasteiger partial charge in [-0.15, -0.1) is 0 Å². The van der Waals surface area contributed by atoms with E-state index in [1.807, 2.05) is 0 Å². The second kappa shape index (κ2) is 4.99. The molecule has 1 aromatic carbocycles. The minimum Gasteiger partial charge on any atom is -0.490 e. The largest absolute Gasteiger partial charge is 0.490 e. The summed E-state index contributed by atoms with van der Waals surface area (Å²) in [7, 11) is 0. The molecule has 1 fully saturated rings. The van der Waals surface area contributed by atoms with E-state index in [-0.39, 0.29) is 11.7 Å². The van der Waals surface area contributed by atoms with E-state index in [2.05, 4.69) is 0 Å². The van der Waals surface area contributed by atoms with Gasteiger partial charge < -0.3 is 14.6 Å². The molecule has 0 amide bonds. The zero-order valence-corrected chi connectivity index (χ0v) is 8.89. The molecule has 4 nitrogen and oxygen atoms in total. The Bertz CT molecular complexity index is 369. The molecular formula is C12H14O4. The highest BCUT2D eigenvalue weighted by atomic mass is 16.5. The third-order valence-corrected chi connectivity index (χ3v) is 2.57. The van der Waals surface area contributed by atoms with Gasteiger partial charge >= 0.3 is 5.97 Å². The van der Waals surface area contributed by atoms with Crippen molar-refractivity contribution in [3.8, 4) is 5.75 Å². The maximum atomic E-state index is 10.9. The maximum Gasteiger partial charge on any atom is 0.339 e. The predicted molar refractivity (Wildman–Crippen MR) is 57.9 cm³/mol. The SMILES string of the molecule is O=C(O)c1ccccc1OC[C@H]1CCCO1. The van der Waals surface area contributed by atoms with Crippen molar-refractivity contribution in [3.05, 3.63) is 29.8 Å². The van der Waals surface area contributed by atoms with E-state index in [1.54, 1.807) is 18.2 Å². The standard InChI is InChI=1S/C12H14O4/c13-12(14)10-5-1-2-6-11(10)16-8-9-4-3-7-15-9/h1-2,5-6,9H,3-4,7-8H2,(H,13,14)/t9-/m1/s1. The third-order valence-electron chi connectivity index (χ3n) is 2.57. The minimum atomic E-state index is -0.969. The van der Waals surface area contributed by atoms with Crippen LogP contribution in [0.2, 0.25) is 0 Å². The number of ether oxygens (including phenoxy) is 2. The van der Waals surface area contributed by atoms with Crippen LogP contribution in [0.15, 0.2) is 24.3 Å². The fourth-order valence-corrected chi connectivity index (χ4v) is 1.73. The molecule has 1 N–H and O–H groups in total. The summed E-state index contributed by atoms with van der Waals surface area (Å²) in [6.45, 7) is 1.19. The number of hydrogen-bond acceptors (Lipinski definition) is 3. The van der Waals surface area contributed by atoms with Gasteiger partial charge in [0.1, 0.15) is 17.9 Å². The molecule has 0 bridgehead atoms. The first-order valence-electron chi connectivity index (χ1n) is 5.34. The minimum absolute atomic E-state index is 0.0989. The van der Waals surface area contributed by atoms with E-state index in [0.717, 1.165) is 19.4 Å². The summed E-state index contributed by atoms with van der Waals surface area (Å²) in [4.78, 5) is 10.9. The van der Waals surface area contributed by atoms with Crippen LogP contribution in [0.25, 0.3) is 0 Å². The number of aromatic carboxylic acids is 1. The summed E-state index contributed by atoms with van der Waals surface area (Å²) in [6, 6.07) is 6.64. The first-order chi connectivity index (χ1) is 7.77.